The Bertz CT molecular complexity index is 460. The van der Waals surface area contributed by atoms with Gasteiger partial charge in [0.15, 0.2) is 5.69 Å². The summed E-state index contributed by atoms with van der Waals surface area (Å²) < 4.78 is 38.4. The van der Waals surface area contributed by atoms with Crippen LogP contribution in [0.5, 0.6) is 0 Å². The van der Waals surface area contributed by atoms with E-state index in [-0.39, 0.29) is 6.54 Å². The summed E-state index contributed by atoms with van der Waals surface area (Å²) in [5.41, 5.74) is -0.0820. The van der Waals surface area contributed by atoms with Crippen molar-refractivity contribution in [2.75, 3.05) is 0 Å². The highest BCUT2D eigenvalue weighted by atomic mass is 19.4. The van der Waals surface area contributed by atoms with Crippen molar-refractivity contribution in [3.05, 3.63) is 53.9 Å². The van der Waals surface area contributed by atoms with Gasteiger partial charge in [-0.2, -0.15) is 18.3 Å². The first-order chi connectivity index (χ1) is 7.57. The van der Waals surface area contributed by atoms with E-state index in [1.54, 1.807) is 24.3 Å². The Labute approximate surface area is 90.3 Å². The van der Waals surface area contributed by atoms with Gasteiger partial charge in [-0.1, -0.05) is 30.3 Å². The van der Waals surface area contributed by atoms with Crippen LogP contribution in [0.2, 0.25) is 0 Å². The van der Waals surface area contributed by atoms with Crippen molar-refractivity contribution in [1.29, 1.82) is 0 Å². The smallest absolute Gasteiger partial charge is 0.255 e. The first-order valence-corrected chi connectivity index (χ1v) is 4.62. The molecule has 2 rings (SSSR count). The average molecular weight is 225 g/mol. The van der Waals surface area contributed by atoms with Gasteiger partial charge in [-0.05, 0) is 5.56 Å². The highest BCUT2D eigenvalue weighted by molar-refractivity contribution is 5.16. The lowest BCUT2D eigenvalue weighted by molar-refractivity contribution is -0.144. The predicted octanol–water partition coefficient (Wildman–Crippen LogP) is 2.75. The molecular formula is C11H8F3N2. The zero-order chi connectivity index (χ0) is 11.6. The molecule has 2 nitrogen and oxygen atoms in total. The van der Waals surface area contributed by atoms with Gasteiger partial charge in [-0.3, -0.25) is 4.68 Å². The Hall–Kier alpha value is -1.78. The van der Waals surface area contributed by atoms with Gasteiger partial charge in [0.05, 0.1) is 12.7 Å². The van der Waals surface area contributed by atoms with E-state index < -0.39 is 11.9 Å². The van der Waals surface area contributed by atoms with Crippen LogP contribution in [0.1, 0.15) is 11.3 Å². The molecule has 0 saturated carbocycles. The maximum atomic E-state index is 12.5. The summed E-state index contributed by atoms with van der Waals surface area (Å²) in [5, 5.41) is 3.62. The van der Waals surface area contributed by atoms with Crippen LogP contribution in [0.3, 0.4) is 0 Å². The van der Waals surface area contributed by atoms with Gasteiger partial charge < -0.3 is 0 Å². The molecule has 1 aromatic heterocycles. The fourth-order valence-electron chi connectivity index (χ4n) is 1.40. The average Bonchev–Trinajstić information content (AvgIpc) is 2.67. The molecule has 5 heteroatoms. The Morgan fingerprint density at radius 2 is 1.88 bits per heavy atom. The molecule has 0 aliphatic carbocycles. The zero-order valence-electron chi connectivity index (χ0n) is 8.20. The van der Waals surface area contributed by atoms with Crippen LogP contribution in [-0.4, -0.2) is 9.78 Å². The molecule has 0 aliphatic heterocycles. The third-order valence-electron chi connectivity index (χ3n) is 2.10. The van der Waals surface area contributed by atoms with E-state index in [0.717, 1.165) is 16.4 Å². The van der Waals surface area contributed by atoms with Crippen LogP contribution in [0.25, 0.3) is 0 Å². The lowest BCUT2D eigenvalue weighted by Gasteiger charge is -2.09. The summed E-state index contributed by atoms with van der Waals surface area (Å²) in [6, 6.07) is 11.0. The molecule has 0 spiro atoms. The van der Waals surface area contributed by atoms with Crippen molar-refractivity contribution < 1.29 is 13.2 Å². The first-order valence-electron chi connectivity index (χ1n) is 4.62. The van der Waals surface area contributed by atoms with Crippen LogP contribution in [0, 0.1) is 6.07 Å². The second-order valence-corrected chi connectivity index (χ2v) is 3.28. The van der Waals surface area contributed by atoms with Gasteiger partial charge in [0.2, 0.25) is 0 Å². The summed E-state index contributed by atoms with van der Waals surface area (Å²) >= 11 is 0. The van der Waals surface area contributed by atoms with Crippen molar-refractivity contribution in [3.8, 4) is 0 Å². The van der Waals surface area contributed by atoms with Crippen molar-refractivity contribution in [2.24, 2.45) is 0 Å². The Kier molecular flexibility index (Phi) is 2.68. The minimum Gasteiger partial charge on any atom is -0.255 e. The highest BCUT2D eigenvalue weighted by Crippen LogP contribution is 2.28. The Balaban J connectivity index is 2.26. The number of halogens is 3. The van der Waals surface area contributed by atoms with Crippen LogP contribution >= 0.6 is 0 Å². The third kappa shape index (κ3) is 2.24. The molecule has 0 bridgehead atoms. The van der Waals surface area contributed by atoms with Crippen LogP contribution in [-0.2, 0) is 12.7 Å². The number of rotatable bonds is 2. The lowest BCUT2D eigenvalue weighted by atomic mass is 10.2. The highest BCUT2D eigenvalue weighted by Gasteiger charge is 2.34. The Morgan fingerprint density at radius 3 is 2.50 bits per heavy atom. The van der Waals surface area contributed by atoms with E-state index in [0.29, 0.717) is 0 Å². The number of nitrogens with zero attached hydrogens (tertiary/aromatic N) is 2. The third-order valence-corrected chi connectivity index (χ3v) is 2.10. The molecule has 16 heavy (non-hydrogen) atoms. The van der Waals surface area contributed by atoms with E-state index in [2.05, 4.69) is 11.2 Å². The van der Waals surface area contributed by atoms with E-state index in [4.69, 9.17) is 0 Å². The monoisotopic (exact) mass is 225 g/mol. The predicted molar refractivity (Wildman–Crippen MR) is 51.6 cm³/mol. The number of hydrogen-bond acceptors (Lipinski definition) is 1. The minimum atomic E-state index is -4.41. The molecule has 0 fully saturated rings. The molecule has 0 aliphatic rings. The van der Waals surface area contributed by atoms with Gasteiger partial charge in [0.1, 0.15) is 0 Å². The summed E-state index contributed by atoms with van der Waals surface area (Å²) in [6.45, 7) is 0.0964. The van der Waals surface area contributed by atoms with Gasteiger partial charge >= 0.3 is 6.18 Å². The maximum absolute atomic E-state index is 12.5. The summed E-state index contributed by atoms with van der Waals surface area (Å²) in [6.07, 6.45) is -3.38. The van der Waals surface area contributed by atoms with Crippen molar-refractivity contribution in [2.45, 2.75) is 12.7 Å². The number of alkyl halides is 3. The topological polar surface area (TPSA) is 17.8 Å². The molecule has 1 radical (unpaired) electrons. The standard InChI is InChI=1S/C11H8F3N2/c12-11(13,14)10-6-7-15-16(10)8-9-4-2-1-3-5-9/h1-5,7H,8H2. The van der Waals surface area contributed by atoms with Gasteiger partial charge in [-0.25, -0.2) is 0 Å². The molecular weight excluding hydrogens is 217 g/mol. The van der Waals surface area contributed by atoms with Crippen molar-refractivity contribution >= 4 is 0 Å². The van der Waals surface area contributed by atoms with Crippen LogP contribution in [0.15, 0.2) is 36.5 Å². The SMILES string of the molecule is FC(F)(F)c1[c]cnn1Cc1ccccc1. The normalized spacial score (nSPS) is 11.7. The van der Waals surface area contributed by atoms with E-state index in [1.165, 1.54) is 0 Å². The maximum Gasteiger partial charge on any atom is 0.433 e. The van der Waals surface area contributed by atoms with Gasteiger partial charge in [0, 0.05) is 6.07 Å². The van der Waals surface area contributed by atoms with E-state index in [1.807, 2.05) is 6.07 Å². The minimum absolute atomic E-state index is 0.0964. The zero-order valence-corrected chi connectivity index (χ0v) is 8.20. The van der Waals surface area contributed by atoms with Crippen LogP contribution in [0.4, 0.5) is 13.2 Å². The first kappa shape index (κ1) is 10.7. The molecule has 83 valence electrons. The molecule has 1 aromatic carbocycles. The van der Waals surface area contributed by atoms with E-state index in [9.17, 15) is 13.2 Å². The lowest BCUT2D eigenvalue weighted by Crippen LogP contribution is -2.15. The second-order valence-electron chi connectivity index (χ2n) is 3.28. The fraction of sp³-hybridized carbons (Fsp3) is 0.182. The van der Waals surface area contributed by atoms with Crippen molar-refractivity contribution in [1.82, 2.24) is 9.78 Å². The molecule has 2 aromatic rings. The molecule has 0 atom stereocenters. The summed E-state index contributed by atoms with van der Waals surface area (Å²) in [4.78, 5) is 0. The number of hydrogen-bond donors (Lipinski definition) is 0. The fourth-order valence-corrected chi connectivity index (χ4v) is 1.40. The van der Waals surface area contributed by atoms with Crippen molar-refractivity contribution in [3.63, 3.8) is 0 Å². The second kappa shape index (κ2) is 4.00. The molecule has 0 amide bonds. The Morgan fingerprint density at radius 1 is 1.19 bits per heavy atom. The van der Waals surface area contributed by atoms with Gasteiger partial charge in [0.25, 0.3) is 0 Å². The summed E-state index contributed by atoms with van der Waals surface area (Å²) in [5.74, 6) is 0. The largest absolute Gasteiger partial charge is 0.433 e. The number of benzene rings is 1. The van der Waals surface area contributed by atoms with E-state index >= 15 is 0 Å². The molecule has 0 unspecified atom stereocenters. The molecule has 0 N–H and O–H groups in total. The number of aromatic nitrogens is 2. The van der Waals surface area contributed by atoms with Gasteiger partial charge in [-0.15, -0.1) is 0 Å². The molecule has 0 saturated heterocycles. The molecule has 1 heterocycles. The van der Waals surface area contributed by atoms with Crippen LogP contribution < -0.4 is 0 Å². The summed E-state index contributed by atoms with van der Waals surface area (Å²) in [7, 11) is 0. The quantitative estimate of drug-likeness (QED) is 0.768.